The van der Waals surface area contributed by atoms with Gasteiger partial charge < -0.3 is 20.1 Å². The minimum Gasteiger partial charge on any atom is -0.544 e. The van der Waals surface area contributed by atoms with Crippen LogP contribution in [-0.2, 0) is 9.59 Å². The van der Waals surface area contributed by atoms with Crippen molar-refractivity contribution < 1.29 is 24.4 Å². The molecule has 0 heterocycles. The molecule has 112 valence electrons. The van der Waals surface area contributed by atoms with E-state index >= 15 is 0 Å². The highest BCUT2D eigenvalue weighted by molar-refractivity contribution is 5.98. The van der Waals surface area contributed by atoms with Crippen molar-refractivity contribution in [1.29, 1.82) is 0 Å². The third-order valence-corrected chi connectivity index (χ3v) is 3.33. The first-order valence-corrected chi connectivity index (χ1v) is 6.91. The first-order chi connectivity index (χ1) is 9.95. The van der Waals surface area contributed by atoms with Crippen LogP contribution in [-0.4, -0.2) is 37.8 Å². The number of ketones is 1. The molecule has 1 aromatic rings. The normalized spacial score (nSPS) is 15.3. The van der Waals surface area contributed by atoms with Crippen molar-refractivity contribution in [2.24, 2.45) is 5.92 Å². The van der Waals surface area contributed by atoms with Crippen molar-refractivity contribution in [3.05, 3.63) is 29.8 Å². The number of nitrogens with one attached hydrogen (secondary N) is 2. The van der Waals surface area contributed by atoms with Gasteiger partial charge in [-0.15, -0.1) is 0 Å². The summed E-state index contributed by atoms with van der Waals surface area (Å²) in [6.07, 6.45) is 1.88. The van der Waals surface area contributed by atoms with Gasteiger partial charge in [0.05, 0.1) is 13.0 Å². The zero-order valence-corrected chi connectivity index (χ0v) is 11.8. The van der Waals surface area contributed by atoms with Crippen LogP contribution >= 0.6 is 0 Å². The summed E-state index contributed by atoms with van der Waals surface area (Å²) in [5.41, 5.74) is 1.16. The molecule has 0 saturated heterocycles. The fraction of sp³-hybridized carbons (Fsp3) is 0.400. The molecule has 2 N–H and O–H groups in total. The number of carboxylic acid groups (broad SMARTS) is 1. The van der Waals surface area contributed by atoms with Crippen molar-refractivity contribution in [3.63, 3.8) is 0 Å². The van der Waals surface area contributed by atoms with Gasteiger partial charge in [-0.3, -0.25) is 9.59 Å². The Labute approximate surface area is 122 Å². The molecule has 1 unspecified atom stereocenters. The molecule has 1 aliphatic rings. The van der Waals surface area contributed by atoms with E-state index in [9.17, 15) is 19.5 Å². The molecule has 6 nitrogen and oxygen atoms in total. The lowest BCUT2D eigenvalue weighted by atomic mass is 10.1. The number of Topliss-reactive ketones (excluding diaryl/α,β-unsaturated/α-hetero) is 1. The molecule has 1 saturated carbocycles. The first kappa shape index (κ1) is 15.2. The molecule has 2 rings (SSSR count). The van der Waals surface area contributed by atoms with Crippen LogP contribution in [0.1, 0.15) is 23.2 Å². The van der Waals surface area contributed by atoms with Gasteiger partial charge in [-0.25, -0.2) is 0 Å². The van der Waals surface area contributed by atoms with E-state index in [1.807, 2.05) is 0 Å². The summed E-state index contributed by atoms with van der Waals surface area (Å²) in [6.45, 7) is -0.122. The third-order valence-electron chi connectivity index (χ3n) is 3.33. The molecule has 0 aliphatic heterocycles. The van der Waals surface area contributed by atoms with Gasteiger partial charge >= 0.3 is 0 Å². The molecule has 21 heavy (non-hydrogen) atoms. The predicted molar refractivity (Wildman–Crippen MR) is 73.8 cm³/mol. The van der Waals surface area contributed by atoms with E-state index in [1.54, 1.807) is 31.3 Å². The van der Waals surface area contributed by atoms with Gasteiger partial charge in [0.15, 0.2) is 0 Å². The van der Waals surface area contributed by atoms with Crippen LogP contribution in [0, 0.1) is 5.92 Å². The summed E-state index contributed by atoms with van der Waals surface area (Å²) >= 11 is 0. The summed E-state index contributed by atoms with van der Waals surface area (Å²) in [5.74, 6) is -1.17. The lowest BCUT2D eigenvalue weighted by molar-refractivity contribution is -0.864. The van der Waals surface area contributed by atoms with Crippen molar-refractivity contribution >= 4 is 23.3 Å². The Morgan fingerprint density at radius 3 is 2.33 bits per heavy atom. The van der Waals surface area contributed by atoms with Crippen LogP contribution < -0.4 is 15.3 Å². The molecule has 1 aliphatic carbocycles. The molecule has 0 aromatic heterocycles. The monoisotopic (exact) mass is 290 g/mol. The Morgan fingerprint density at radius 1 is 1.19 bits per heavy atom. The number of hydrogen-bond donors (Lipinski definition) is 2. The van der Waals surface area contributed by atoms with Crippen molar-refractivity contribution in [2.45, 2.75) is 12.8 Å². The van der Waals surface area contributed by atoms with Crippen LogP contribution in [0.3, 0.4) is 0 Å². The summed E-state index contributed by atoms with van der Waals surface area (Å²) in [6, 6.07) is 6.64. The maximum absolute atomic E-state index is 12.0. The SMILES string of the molecule is C[NH+](CC(=O)[O-])CC(=O)c1ccc(NC(=O)C2CC2)cc1. The highest BCUT2D eigenvalue weighted by Gasteiger charge is 2.29. The number of carbonyl (C=O) groups excluding carboxylic acids is 3. The van der Waals surface area contributed by atoms with Crippen molar-refractivity contribution in [3.8, 4) is 0 Å². The maximum Gasteiger partial charge on any atom is 0.227 e. The second-order valence-corrected chi connectivity index (χ2v) is 5.45. The molecule has 6 heteroatoms. The molecule has 1 fully saturated rings. The van der Waals surface area contributed by atoms with Gasteiger partial charge in [0.1, 0.15) is 13.1 Å². The van der Waals surface area contributed by atoms with E-state index in [0.717, 1.165) is 12.8 Å². The van der Waals surface area contributed by atoms with Crippen LogP contribution in [0.15, 0.2) is 24.3 Å². The van der Waals surface area contributed by atoms with Gasteiger partial charge in [-0.1, -0.05) is 0 Å². The topological polar surface area (TPSA) is 90.7 Å². The minimum absolute atomic E-state index is 0.0206. The van der Waals surface area contributed by atoms with Crippen LogP contribution in [0.4, 0.5) is 5.69 Å². The van der Waals surface area contributed by atoms with E-state index in [2.05, 4.69) is 5.32 Å². The molecule has 0 radical (unpaired) electrons. The summed E-state index contributed by atoms with van der Waals surface area (Å²) in [4.78, 5) is 34.6. The van der Waals surface area contributed by atoms with E-state index in [4.69, 9.17) is 0 Å². The van der Waals surface area contributed by atoms with Gasteiger partial charge in [0, 0.05) is 17.2 Å². The molecule has 1 aromatic carbocycles. The van der Waals surface area contributed by atoms with E-state index in [1.165, 1.54) is 0 Å². The Hall–Kier alpha value is -2.21. The number of rotatable bonds is 7. The van der Waals surface area contributed by atoms with Gasteiger partial charge in [0.2, 0.25) is 11.7 Å². The van der Waals surface area contributed by atoms with Crippen LogP contribution in [0.2, 0.25) is 0 Å². The zero-order chi connectivity index (χ0) is 15.4. The zero-order valence-electron chi connectivity index (χ0n) is 11.8. The molecule has 1 atom stereocenters. The largest absolute Gasteiger partial charge is 0.544 e. The number of hydrogen-bond acceptors (Lipinski definition) is 4. The Balaban J connectivity index is 1.89. The number of carbonyl (C=O) groups is 3. The van der Waals surface area contributed by atoms with Crippen LogP contribution in [0.25, 0.3) is 0 Å². The fourth-order valence-corrected chi connectivity index (χ4v) is 2.01. The van der Waals surface area contributed by atoms with Crippen LogP contribution in [0.5, 0.6) is 0 Å². The third kappa shape index (κ3) is 4.68. The van der Waals surface area contributed by atoms with E-state index in [-0.39, 0.29) is 30.7 Å². The second-order valence-electron chi connectivity index (χ2n) is 5.45. The maximum atomic E-state index is 12.0. The Kier molecular flexibility index (Phi) is 4.70. The standard InChI is InChI=1S/C15H18N2O4/c1-17(9-14(19)20)8-13(18)10-4-6-12(7-5-10)16-15(21)11-2-3-11/h4-7,11H,2-3,8-9H2,1H3,(H,16,21)(H,19,20). The number of aliphatic carboxylic acids is 1. The summed E-state index contributed by atoms with van der Waals surface area (Å²) in [5, 5.41) is 13.2. The average molecular weight is 290 g/mol. The second kappa shape index (κ2) is 6.49. The fourth-order valence-electron chi connectivity index (χ4n) is 2.01. The smallest absolute Gasteiger partial charge is 0.227 e. The Bertz CT molecular complexity index is 549. The lowest BCUT2D eigenvalue weighted by Crippen LogP contribution is -3.11. The Morgan fingerprint density at radius 2 is 1.81 bits per heavy atom. The van der Waals surface area contributed by atoms with Gasteiger partial charge in [-0.2, -0.15) is 0 Å². The van der Waals surface area contributed by atoms with Gasteiger partial charge in [-0.05, 0) is 37.1 Å². The number of benzene rings is 1. The summed E-state index contributed by atoms with van der Waals surface area (Å²) < 4.78 is 0. The number of quaternary nitrogens is 1. The lowest BCUT2D eigenvalue weighted by Gasteiger charge is -2.13. The van der Waals surface area contributed by atoms with E-state index < -0.39 is 5.97 Å². The number of amides is 1. The number of anilines is 1. The molecular formula is C15H18N2O4. The van der Waals surface area contributed by atoms with Crippen molar-refractivity contribution in [2.75, 3.05) is 25.5 Å². The minimum atomic E-state index is -1.18. The summed E-state index contributed by atoms with van der Waals surface area (Å²) in [7, 11) is 1.62. The highest BCUT2D eigenvalue weighted by atomic mass is 16.4. The quantitative estimate of drug-likeness (QED) is 0.597. The highest BCUT2D eigenvalue weighted by Crippen LogP contribution is 2.30. The first-order valence-electron chi connectivity index (χ1n) is 6.91. The van der Waals surface area contributed by atoms with Crippen molar-refractivity contribution in [1.82, 2.24) is 0 Å². The molecule has 0 spiro atoms. The molecule has 1 amide bonds. The molecule has 0 bridgehead atoms. The van der Waals surface area contributed by atoms with Gasteiger partial charge in [0.25, 0.3) is 0 Å². The predicted octanol–water partition coefficient (Wildman–Crippen LogP) is -1.52. The van der Waals surface area contributed by atoms with E-state index in [0.29, 0.717) is 16.2 Å². The number of likely N-dealkylation sites (N-methyl/N-ethyl adjacent to an activating group) is 1. The average Bonchev–Trinajstić information content (AvgIpc) is 3.22. The molecular weight excluding hydrogens is 272 g/mol. The number of carboxylic acids is 1.